The molecule has 0 aromatic heterocycles. The van der Waals surface area contributed by atoms with E-state index in [-0.39, 0.29) is 25.2 Å². The average Bonchev–Trinajstić information content (AvgIpc) is 3.49. The van der Waals surface area contributed by atoms with Crippen molar-refractivity contribution < 1.29 is 33.2 Å². The fourth-order valence-corrected chi connectivity index (χ4v) is 11.1. The van der Waals surface area contributed by atoms with E-state index in [0.717, 1.165) is 65.0 Å². The van der Waals surface area contributed by atoms with Crippen LogP contribution in [0.5, 0.6) is 0 Å². The maximum absolute atomic E-state index is 6.56. The van der Waals surface area contributed by atoms with Gasteiger partial charge in [-0.05, 0) is 102 Å². The zero-order chi connectivity index (χ0) is 59.9. The molecule has 2 atom stereocenters. The van der Waals surface area contributed by atoms with Crippen molar-refractivity contribution in [2.24, 2.45) is 0 Å². The van der Waals surface area contributed by atoms with Gasteiger partial charge >= 0.3 is 0 Å². The van der Waals surface area contributed by atoms with E-state index >= 15 is 0 Å². The van der Waals surface area contributed by atoms with Crippen LogP contribution in [0.4, 0.5) is 0 Å². The number of unbranched alkanes of at least 4 members (excludes halogenated alkanes) is 46. The first-order valence-electron chi connectivity index (χ1n) is 37.8. The average molecular weight is 1180 g/mol. The molecule has 0 saturated heterocycles. The van der Waals surface area contributed by atoms with Gasteiger partial charge in [0.05, 0.1) is 13.2 Å². The van der Waals surface area contributed by atoms with E-state index < -0.39 is 0 Å². The lowest BCUT2D eigenvalue weighted by molar-refractivity contribution is -0.208. The first-order chi connectivity index (χ1) is 41.1. The quantitative estimate of drug-likeness (QED) is 0.0342. The highest BCUT2D eigenvalue weighted by atomic mass is 16.8. The zero-order valence-electron chi connectivity index (χ0n) is 57.3. The highest BCUT2D eigenvalue weighted by Gasteiger charge is 2.15. The molecule has 0 aliphatic rings. The van der Waals surface area contributed by atoms with Gasteiger partial charge in [0.2, 0.25) is 0 Å². The summed E-state index contributed by atoms with van der Waals surface area (Å²) in [6, 6.07) is 0. The van der Waals surface area contributed by atoms with Gasteiger partial charge in [-0.2, -0.15) is 0 Å². The molecule has 0 fully saturated rings. The Hall–Kier alpha value is -0.800. The van der Waals surface area contributed by atoms with Crippen molar-refractivity contribution in [3.63, 3.8) is 0 Å². The Morgan fingerprint density at radius 3 is 0.663 bits per heavy atom. The largest absolute Gasteiger partial charge is 0.353 e. The van der Waals surface area contributed by atoms with Gasteiger partial charge in [-0.25, -0.2) is 0 Å². The Morgan fingerprint density at radius 1 is 0.205 bits per heavy atom. The van der Waals surface area contributed by atoms with Crippen LogP contribution in [0.2, 0.25) is 0 Å². The van der Waals surface area contributed by atoms with Gasteiger partial charge < -0.3 is 33.2 Å². The number of ether oxygens (including phenoxy) is 7. The van der Waals surface area contributed by atoms with Crippen LogP contribution in [0.3, 0.4) is 0 Å². The van der Waals surface area contributed by atoms with Crippen molar-refractivity contribution in [1.82, 2.24) is 0 Å². The topological polar surface area (TPSA) is 64.6 Å². The van der Waals surface area contributed by atoms with Crippen LogP contribution in [-0.2, 0) is 33.2 Å². The third-order valence-electron chi connectivity index (χ3n) is 16.7. The normalized spacial score (nSPS) is 12.9. The predicted octanol–water partition coefficient (Wildman–Crippen LogP) is 25.5. The van der Waals surface area contributed by atoms with E-state index in [1.165, 1.54) is 321 Å². The van der Waals surface area contributed by atoms with Gasteiger partial charge in [0.1, 0.15) is 0 Å². The Labute approximate surface area is 521 Å². The minimum atomic E-state index is -0.386. The first kappa shape index (κ1) is 82.2. The van der Waals surface area contributed by atoms with E-state index in [9.17, 15) is 0 Å². The second-order valence-corrected chi connectivity index (χ2v) is 25.2. The Bertz CT molecular complexity index is 1080. The van der Waals surface area contributed by atoms with Crippen molar-refractivity contribution in [1.29, 1.82) is 0 Å². The lowest BCUT2D eigenvalue weighted by Crippen LogP contribution is -2.25. The summed E-state index contributed by atoms with van der Waals surface area (Å²) in [6.45, 7) is 18.5. The lowest BCUT2D eigenvalue weighted by atomic mass is 10.1. The van der Waals surface area contributed by atoms with Crippen molar-refractivity contribution in [2.45, 2.75) is 426 Å². The van der Waals surface area contributed by atoms with E-state index in [4.69, 9.17) is 33.2 Å². The van der Waals surface area contributed by atoms with Gasteiger partial charge in [-0.1, -0.05) is 323 Å². The molecule has 0 bridgehead atoms. The van der Waals surface area contributed by atoms with Crippen LogP contribution >= 0.6 is 0 Å². The van der Waals surface area contributed by atoms with Gasteiger partial charge in [0.25, 0.3) is 0 Å². The second kappa shape index (κ2) is 73.7. The molecule has 2 unspecified atom stereocenters. The SMILES string of the molecule is CCCCCCCCCCOC(CCCCCCCCCC=CC(OCCCCC)OC(C=CCCCCCCCCCC(OCCCCCCCCCC)OCCCCCCCCCC)OCCCCC)OCCCCCCCCCC. The first-order valence-corrected chi connectivity index (χ1v) is 37.8. The molecule has 0 rings (SSSR count). The van der Waals surface area contributed by atoms with Crippen molar-refractivity contribution in [3.05, 3.63) is 24.3 Å². The van der Waals surface area contributed by atoms with E-state index in [1.54, 1.807) is 0 Å². The van der Waals surface area contributed by atoms with Crippen LogP contribution in [0.25, 0.3) is 0 Å². The second-order valence-electron chi connectivity index (χ2n) is 25.2. The highest BCUT2D eigenvalue weighted by Crippen LogP contribution is 2.20. The van der Waals surface area contributed by atoms with Crippen molar-refractivity contribution in [2.75, 3.05) is 39.6 Å². The molecule has 83 heavy (non-hydrogen) atoms. The Kier molecular flexibility index (Phi) is 73.0. The molecule has 7 nitrogen and oxygen atoms in total. The minimum absolute atomic E-state index is 0.0195. The third kappa shape index (κ3) is 67.0. The van der Waals surface area contributed by atoms with Crippen molar-refractivity contribution >= 4 is 0 Å². The van der Waals surface area contributed by atoms with Crippen molar-refractivity contribution in [3.8, 4) is 0 Å². The maximum atomic E-state index is 6.56. The number of hydrogen-bond donors (Lipinski definition) is 0. The predicted molar refractivity (Wildman–Crippen MR) is 363 cm³/mol. The third-order valence-corrected chi connectivity index (χ3v) is 16.7. The molecule has 0 spiro atoms. The highest BCUT2D eigenvalue weighted by molar-refractivity contribution is 4.90. The smallest absolute Gasteiger partial charge is 0.180 e. The summed E-state index contributed by atoms with van der Waals surface area (Å²) in [7, 11) is 0. The van der Waals surface area contributed by atoms with E-state index in [1.807, 2.05) is 0 Å². The van der Waals surface area contributed by atoms with Crippen LogP contribution < -0.4 is 0 Å². The number of hydrogen-bond acceptors (Lipinski definition) is 7. The van der Waals surface area contributed by atoms with Gasteiger partial charge in [-0.15, -0.1) is 0 Å². The molecule has 0 radical (unpaired) electrons. The summed E-state index contributed by atoms with van der Waals surface area (Å²) in [5.41, 5.74) is 0. The molecule has 496 valence electrons. The molecular formula is C76H150O7. The molecule has 0 aromatic rings. The molecule has 0 N–H and O–H groups in total. The molecule has 0 heterocycles. The molecule has 0 aromatic carbocycles. The summed E-state index contributed by atoms with van der Waals surface area (Å²) in [6.07, 6.45) is 79.6. The van der Waals surface area contributed by atoms with Crippen LogP contribution in [0, 0.1) is 0 Å². The summed E-state index contributed by atoms with van der Waals surface area (Å²) >= 11 is 0. The molecule has 0 aliphatic carbocycles. The number of rotatable bonds is 74. The fraction of sp³-hybridized carbons (Fsp3) is 0.947. The zero-order valence-corrected chi connectivity index (χ0v) is 57.3. The monoisotopic (exact) mass is 1180 g/mol. The van der Waals surface area contributed by atoms with E-state index in [2.05, 4.69) is 65.8 Å². The fourth-order valence-electron chi connectivity index (χ4n) is 11.1. The minimum Gasteiger partial charge on any atom is -0.353 e. The Balaban J connectivity index is 4.79. The summed E-state index contributed by atoms with van der Waals surface area (Å²) in [4.78, 5) is 0. The van der Waals surface area contributed by atoms with Gasteiger partial charge in [0, 0.05) is 26.4 Å². The standard InChI is InChI=1S/C76H150O7/c1-7-13-19-23-27-41-49-59-69-77-73(78-70-60-50-42-28-24-20-14-8-2)63-53-45-37-33-31-35-39-47-55-65-75(81-67-57-17-11-5)83-76(82-68-58-18-12-6)66-56-48-40-36-32-34-38-46-54-64-74(79-71-61-51-43-29-25-21-15-9-3)80-72-62-52-44-30-26-22-16-10-4/h55-56,65-66,73-76H,7-54,57-64,67-72H2,1-6H3. The molecular weight excluding hydrogens is 1020 g/mol. The molecule has 7 heteroatoms. The van der Waals surface area contributed by atoms with Crippen LogP contribution in [0.15, 0.2) is 24.3 Å². The van der Waals surface area contributed by atoms with Gasteiger partial charge in [0.15, 0.2) is 25.2 Å². The number of allylic oxidation sites excluding steroid dienone is 2. The molecule has 0 aliphatic heterocycles. The van der Waals surface area contributed by atoms with Crippen LogP contribution in [-0.4, -0.2) is 64.8 Å². The Morgan fingerprint density at radius 2 is 0.398 bits per heavy atom. The molecule has 0 amide bonds. The van der Waals surface area contributed by atoms with E-state index in [0.29, 0.717) is 13.2 Å². The lowest BCUT2D eigenvalue weighted by Gasteiger charge is -2.21. The molecule has 0 saturated carbocycles. The summed E-state index contributed by atoms with van der Waals surface area (Å²) in [5.74, 6) is 0. The maximum Gasteiger partial charge on any atom is 0.180 e. The van der Waals surface area contributed by atoms with Crippen LogP contribution in [0.1, 0.15) is 401 Å². The van der Waals surface area contributed by atoms with Gasteiger partial charge in [-0.3, -0.25) is 0 Å². The summed E-state index contributed by atoms with van der Waals surface area (Å²) in [5, 5.41) is 0. The summed E-state index contributed by atoms with van der Waals surface area (Å²) < 4.78 is 44.7.